The van der Waals surface area contributed by atoms with E-state index in [0.717, 1.165) is 0 Å². The molecular weight excluding hydrogens is 381 g/mol. The van der Waals surface area contributed by atoms with Crippen LogP contribution in [0.15, 0.2) is 16.6 Å². The molecule has 0 saturated carbocycles. The van der Waals surface area contributed by atoms with Gasteiger partial charge in [-0.25, -0.2) is 4.79 Å². The number of benzene rings is 1. The third-order valence-electron chi connectivity index (χ3n) is 3.41. The highest BCUT2D eigenvalue weighted by molar-refractivity contribution is 9.10. The van der Waals surface area contributed by atoms with E-state index in [9.17, 15) is 27.0 Å². The SMILES string of the molecule is Cc1cc(Br)cc(C(=O)O)c1N1CC(CS(=O)(=O)F)CC1=O. The summed E-state index contributed by atoms with van der Waals surface area (Å²) in [6.45, 7) is 1.63. The van der Waals surface area contributed by atoms with Gasteiger partial charge in [-0.15, -0.1) is 3.89 Å². The smallest absolute Gasteiger partial charge is 0.337 e. The van der Waals surface area contributed by atoms with E-state index in [-0.39, 0.29) is 24.2 Å². The predicted octanol–water partition coefficient (Wildman–Crippen LogP) is 2.11. The molecule has 1 aliphatic rings. The van der Waals surface area contributed by atoms with Crippen molar-refractivity contribution in [1.82, 2.24) is 0 Å². The fraction of sp³-hybridized carbons (Fsp3) is 0.385. The van der Waals surface area contributed by atoms with E-state index < -0.39 is 33.8 Å². The molecule has 120 valence electrons. The lowest BCUT2D eigenvalue weighted by atomic mass is 10.1. The van der Waals surface area contributed by atoms with Crippen LogP contribution in [0, 0.1) is 12.8 Å². The number of carboxylic acid groups (broad SMARTS) is 1. The van der Waals surface area contributed by atoms with Gasteiger partial charge >= 0.3 is 16.2 Å². The standard InChI is InChI=1S/C13H13BrFNO5S/c1-7-2-9(14)4-10(13(18)19)12(7)16-5-8(3-11(16)17)6-22(15,20)21/h2,4,8H,3,5-6H2,1H3,(H,18,19). The maximum Gasteiger partial charge on any atom is 0.337 e. The highest BCUT2D eigenvalue weighted by Crippen LogP contribution is 2.34. The number of amides is 1. The number of anilines is 1. The summed E-state index contributed by atoms with van der Waals surface area (Å²) in [6, 6.07) is 3.03. The first-order valence-corrected chi connectivity index (χ1v) is 8.69. The first kappa shape index (κ1) is 16.9. The van der Waals surface area contributed by atoms with E-state index in [0.29, 0.717) is 10.0 Å². The molecule has 1 amide bonds. The van der Waals surface area contributed by atoms with Crippen LogP contribution in [0.4, 0.5) is 9.57 Å². The number of nitrogens with zero attached hydrogens (tertiary/aromatic N) is 1. The summed E-state index contributed by atoms with van der Waals surface area (Å²) in [5.74, 6) is -3.05. The van der Waals surface area contributed by atoms with Crippen molar-refractivity contribution in [3.63, 3.8) is 0 Å². The first-order chi connectivity index (χ1) is 10.1. The van der Waals surface area contributed by atoms with E-state index in [1.807, 2.05) is 0 Å². The third-order valence-corrected chi connectivity index (χ3v) is 4.73. The number of rotatable bonds is 4. The fourth-order valence-corrected chi connectivity index (χ4v) is 4.01. The van der Waals surface area contributed by atoms with Gasteiger partial charge in [-0.2, -0.15) is 8.42 Å². The molecule has 1 heterocycles. The summed E-state index contributed by atoms with van der Waals surface area (Å²) in [5, 5.41) is 9.30. The predicted molar refractivity (Wildman–Crippen MR) is 81.2 cm³/mol. The average Bonchev–Trinajstić information content (AvgIpc) is 2.66. The molecule has 6 nitrogen and oxygen atoms in total. The largest absolute Gasteiger partial charge is 0.478 e. The van der Waals surface area contributed by atoms with Gasteiger partial charge in [0.1, 0.15) is 0 Å². The number of aryl methyl sites for hydroxylation is 1. The quantitative estimate of drug-likeness (QED) is 0.790. The van der Waals surface area contributed by atoms with Gasteiger partial charge < -0.3 is 10.0 Å². The number of carboxylic acids is 1. The van der Waals surface area contributed by atoms with Gasteiger partial charge in [-0.3, -0.25) is 4.79 Å². The molecule has 0 aromatic heterocycles. The van der Waals surface area contributed by atoms with Crippen molar-refractivity contribution in [2.75, 3.05) is 17.2 Å². The van der Waals surface area contributed by atoms with Crippen molar-refractivity contribution >= 4 is 43.7 Å². The second-order valence-electron chi connectivity index (χ2n) is 5.20. The van der Waals surface area contributed by atoms with E-state index >= 15 is 0 Å². The van der Waals surface area contributed by atoms with E-state index in [1.54, 1.807) is 13.0 Å². The molecule has 9 heteroatoms. The average molecular weight is 394 g/mol. The normalized spacial score (nSPS) is 18.8. The topological polar surface area (TPSA) is 91.8 Å². The maximum absolute atomic E-state index is 12.8. The van der Waals surface area contributed by atoms with Gasteiger partial charge in [0.05, 0.1) is 17.0 Å². The minimum absolute atomic E-state index is 0.0231. The molecule has 1 aromatic rings. The minimum Gasteiger partial charge on any atom is -0.478 e. The molecule has 22 heavy (non-hydrogen) atoms. The Balaban J connectivity index is 2.40. The van der Waals surface area contributed by atoms with Crippen LogP contribution in [-0.4, -0.2) is 37.7 Å². The Bertz CT molecular complexity index is 749. The molecule has 1 fully saturated rings. The van der Waals surface area contributed by atoms with Crippen LogP contribution in [0.25, 0.3) is 0 Å². The molecule has 1 aliphatic heterocycles. The Labute approximate surface area is 135 Å². The lowest BCUT2D eigenvalue weighted by molar-refractivity contribution is -0.117. The van der Waals surface area contributed by atoms with Crippen molar-refractivity contribution in [3.8, 4) is 0 Å². The van der Waals surface area contributed by atoms with Crippen LogP contribution in [-0.2, 0) is 15.0 Å². The number of hydrogen-bond donors (Lipinski definition) is 1. The molecule has 0 bridgehead atoms. The van der Waals surface area contributed by atoms with Gasteiger partial charge in [-0.05, 0) is 24.6 Å². The Hall–Kier alpha value is -1.48. The molecule has 1 unspecified atom stereocenters. The van der Waals surface area contributed by atoms with Crippen LogP contribution < -0.4 is 4.90 Å². The van der Waals surface area contributed by atoms with Crippen LogP contribution in [0.2, 0.25) is 0 Å². The van der Waals surface area contributed by atoms with Gasteiger partial charge in [0.25, 0.3) is 0 Å². The van der Waals surface area contributed by atoms with E-state index in [2.05, 4.69) is 15.9 Å². The lowest BCUT2D eigenvalue weighted by Crippen LogP contribution is -2.28. The van der Waals surface area contributed by atoms with E-state index in [4.69, 9.17) is 0 Å². The Kier molecular flexibility index (Phi) is 4.57. The number of carbonyl (C=O) groups is 2. The molecule has 0 aliphatic carbocycles. The van der Waals surface area contributed by atoms with Crippen molar-refractivity contribution in [2.24, 2.45) is 5.92 Å². The number of aromatic carboxylic acids is 1. The zero-order chi connectivity index (χ0) is 16.7. The molecular formula is C13H13BrFNO5S. The van der Waals surface area contributed by atoms with Gasteiger partial charge in [0.2, 0.25) is 5.91 Å². The summed E-state index contributed by atoms with van der Waals surface area (Å²) in [6.07, 6.45) is -0.127. The van der Waals surface area contributed by atoms with Crippen molar-refractivity contribution < 1.29 is 27.0 Å². The lowest BCUT2D eigenvalue weighted by Gasteiger charge is -2.21. The Morgan fingerprint density at radius 2 is 2.14 bits per heavy atom. The monoisotopic (exact) mass is 393 g/mol. The van der Waals surface area contributed by atoms with Gasteiger partial charge in [-0.1, -0.05) is 15.9 Å². The van der Waals surface area contributed by atoms with Crippen LogP contribution in [0.5, 0.6) is 0 Å². The van der Waals surface area contributed by atoms with Crippen molar-refractivity contribution in [1.29, 1.82) is 0 Å². The summed E-state index contributed by atoms with van der Waals surface area (Å²) < 4.78 is 34.8. The zero-order valence-corrected chi connectivity index (χ0v) is 13.9. The minimum atomic E-state index is -4.68. The molecule has 1 N–H and O–H groups in total. The zero-order valence-electron chi connectivity index (χ0n) is 11.5. The highest BCUT2D eigenvalue weighted by atomic mass is 79.9. The highest BCUT2D eigenvalue weighted by Gasteiger charge is 2.36. The molecule has 1 aromatic carbocycles. The van der Waals surface area contributed by atoms with Crippen molar-refractivity contribution in [2.45, 2.75) is 13.3 Å². The third kappa shape index (κ3) is 3.64. The first-order valence-electron chi connectivity index (χ1n) is 6.34. The Morgan fingerprint density at radius 1 is 1.50 bits per heavy atom. The number of halogens is 2. The molecule has 0 spiro atoms. The molecule has 0 radical (unpaired) electrons. The van der Waals surface area contributed by atoms with E-state index in [1.165, 1.54) is 11.0 Å². The summed E-state index contributed by atoms with van der Waals surface area (Å²) >= 11 is 3.20. The number of carbonyl (C=O) groups excluding carboxylic acids is 1. The fourth-order valence-electron chi connectivity index (χ4n) is 2.65. The van der Waals surface area contributed by atoms with Crippen LogP contribution >= 0.6 is 15.9 Å². The summed E-state index contributed by atoms with van der Waals surface area (Å²) in [5.41, 5.74) is 0.715. The van der Waals surface area contributed by atoms with Crippen LogP contribution in [0.1, 0.15) is 22.3 Å². The number of hydrogen-bond acceptors (Lipinski definition) is 4. The second-order valence-corrected chi connectivity index (χ2v) is 7.53. The second kappa shape index (κ2) is 5.96. The molecule has 2 rings (SSSR count). The Morgan fingerprint density at radius 3 is 2.68 bits per heavy atom. The molecule has 1 atom stereocenters. The van der Waals surface area contributed by atoms with Crippen molar-refractivity contribution in [3.05, 3.63) is 27.7 Å². The maximum atomic E-state index is 12.8. The summed E-state index contributed by atoms with van der Waals surface area (Å²) in [7, 11) is -4.68. The summed E-state index contributed by atoms with van der Waals surface area (Å²) in [4.78, 5) is 24.7. The van der Waals surface area contributed by atoms with Gasteiger partial charge in [0.15, 0.2) is 0 Å². The molecule has 1 saturated heterocycles. The van der Waals surface area contributed by atoms with Crippen LogP contribution in [0.3, 0.4) is 0 Å². The van der Waals surface area contributed by atoms with Gasteiger partial charge in [0, 0.05) is 23.4 Å².